The molecule has 0 heterocycles. The Bertz CT molecular complexity index is 464. The molecule has 4 nitrogen and oxygen atoms in total. The van der Waals surface area contributed by atoms with E-state index in [1.54, 1.807) is 0 Å². The summed E-state index contributed by atoms with van der Waals surface area (Å²) in [4.78, 5) is 11.3. The van der Waals surface area contributed by atoms with Gasteiger partial charge in [0.25, 0.3) is 0 Å². The van der Waals surface area contributed by atoms with E-state index in [1.807, 2.05) is 6.92 Å². The molecule has 128 valence electrons. The molecule has 0 spiro atoms. The number of benzene rings is 1. The third-order valence-electron chi connectivity index (χ3n) is 4.36. The smallest absolute Gasteiger partial charge is 0.307 e. The predicted molar refractivity (Wildman–Crippen MR) is 91.7 cm³/mol. The van der Waals surface area contributed by atoms with E-state index in [0.29, 0.717) is 31.6 Å². The van der Waals surface area contributed by atoms with Crippen molar-refractivity contribution in [3.8, 4) is 5.75 Å². The van der Waals surface area contributed by atoms with Crippen LogP contribution in [0.2, 0.25) is 0 Å². The highest BCUT2D eigenvalue weighted by Gasteiger charge is 2.22. The molecule has 0 unspecified atom stereocenters. The van der Waals surface area contributed by atoms with E-state index < -0.39 is 0 Å². The first-order valence-electron chi connectivity index (χ1n) is 8.77. The molecule has 0 amide bonds. The summed E-state index contributed by atoms with van der Waals surface area (Å²) in [5, 5.41) is 3.37. The molecule has 0 atom stereocenters. The molecule has 0 aromatic heterocycles. The normalized spacial score (nSPS) is 21.0. The first-order valence-corrected chi connectivity index (χ1v) is 8.77. The van der Waals surface area contributed by atoms with Crippen molar-refractivity contribution in [3.05, 3.63) is 29.8 Å². The Hall–Kier alpha value is -1.55. The summed E-state index contributed by atoms with van der Waals surface area (Å²) in [5.41, 5.74) is 1.26. The largest absolute Gasteiger partial charge is 0.490 e. The molecule has 23 heavy (non-hydrogen) atoms. The molecule has 0 radical (unpaired) electrons. The maximum Gasteiger partial charge on any atom is 0.307 e. The lowest BCUT2D eigenvalue weighted by Crippen LogP contribution is -2.31. The average molecular weight is 319 g/mol. The van der Waals surface area contributed by atoms with Gasteiger partial charge in [-0.1, -0.05) is 17.7 Å². The second-order valence-electron chi connectivity index (χ2n) is 6.33. The van der Waals surface area contributed by atoms with E-state index in [9.17, 15) is 4.79 Å². The van der Waals surface area contributed by atoms with Crippen LogP contribution in [0.3, 0.4) is 0 Å². The number of hydrogen-bond donors (Lipinski definition) is 1. The number of aryl methyl sites for hydroxylation is 1. The van der Waals surface area contributed by atoms with Gasteiger partial charge in [-0.25, -0.2) is 0 Å². The molecule has 0 saturated heterocycles. The van der Waals surface area contributed by atoms with Gasteiger partial charge in [0.05, 0.1) is 19.1 Å². The minimum absolute atomic E-state index is 0.116. The molecule has 1 aliphatic carbocycles. The van der Waals surface area contributed by atoms with Gasteiger partial charge in [-0.2, -0.15) is 0 Å². The van der Waals surface area contributed by atoms with Crippen molar-refractivity contribution in [2.75, 3.05) is 19.7 Å². The Kier molecular flexibility index (Phi) is 7.40. The maximum atomic E-state index is 11.3. The quantitative estimate of drug-likeness (QED) is 0.589. The van der Waals surface area contributed by atoms with Crippen molar-refractivity contribution in [3.63, 3.8) is 0 Å². The fourth-order valence-electron chi connectivity index (χ4n) is 2.99. The predicted octanol–water partition coefficient (Wildman–Crippen LogP) is 3.48. The third kappa shape index (κ3) is 6.61. The van der Waals surface area contributed by atoms with E-state index in [0.717, 1.165) is 25.1 Å². The van der Waals surface area contributed by atoms with Crippen molar-refractivity contribution in [1.29, 1.82) is 0 Å². The summed E-state index contributed by atoms with van der Waals surface area (Å²) < 4.78 is 11.0. The zero-order valence-corrected chi connectivity index (χ0v) is 14.3. The second kappa shape index (κ2) is 9.56. The topological polar surface area (TPSA) is 47.6 Å². The lowest BCUT2D eigenvalue weighted by Gasteiger charge is -2.29. The van der Waals surface area contributed by atoms with Crippen LogP contribution in [0.15, 0.2) is 24.3 Å². The molecule has 2 rings (SSSR count). The van der Waals surface area contributed by atoms with Gasteiger partial charge in [-0.3, -0.25) is 4.79 Å². The molecular weight excluding hydrogens is 290 g/mol. The second-order valence-corrected chi connectivity index (χ2v) is 6.33. The molecular formula is C19H29NO3. The van der Waals surface area contributed by atoms with Crippen LogP contribution in [0.5, 0.6) is 5.75 Å². The molecule has 1 fully saturated rings. The van der Waals surface area contributed by atoms with Crippen molar-refractivity contribution >= 4 is 5.97 Å². The zero-order chi connectivity index (χ0) is 16.5. The van der Waals surface area contributed by atoms with Gasteiger partial charge in [0.15, 0.2) is 0 Å². The number of carbonyl (C=O) groups excluding carboxylic acids is 1. The summed E-state index contributed by atoms with van der Waals surface area (Å²) in [7, 11) is 0. The zero-order valence-electron chi connectivity index (χ0n) is 14.3. The van der Waals surface area contributed by atoms with Gasteiger partial charge in [-0.05, 0) is 64.1 Å². The van der Waals surface area contributed by atoms with Crippen LogP contribution in [0, 0.1) is 12.8 Å². The van der Waals surface area contributed by atoms with Gasteiger partial charge in [0.2, 0.25) is 0 Å². The number of nitrogens with one attached hydrogen (secondary N) is 1. The number of ether oxygens (including phenoxy) is 2. The lowest BCUT2D eigenvalue weighted by atomic mass is 9.87. The van der Waals surface area contributed by atoms with Gasteiger partial charge < -0.3 is 14.8 Å². The van der Waals surface area contributed by atoms with Crippen molar-refractivity contribution in [2.24, 2.45) is 5.92 Å². The Morgan fingerprint density at radius 1 is 1.17 bits per heavy atom. The van der Waals surface area contributed by atoms with E-state index in [4.69, 9.17) is 9.47 Å². The van der Waals surface area contributed by atoms with Crippen LogP contribution < -0.4 is 10.1 Å². The third-order valence-corrected chi connectivity index (χ3v) is 4.36. The highest BCUT2D eigenvalue weighted by Crippen LogP contribution is 2.27. The van der Waals surface area contributed by atoms with Crippen LogP contribution >= 0.6 is 0 Å². The highest BCUT2D eigenvalue weighted by molar-refractivity contribution is 5.69. The van der Waals surface area contributed by atoms with E-state index in [1.165, 1.54) is 18.4 Å². The van der Waals surface area contributed by atoms with Crippen LogP contribution in [-0.4, -0.2) is 31.8 Å². The molecule has 1 N–H and O–H groups in total. The Morgan fingerprint density at radius 2 is 1.87 bits per heavy atom. The molecule has 1 saturated carbocycles. The number of esters is 1. The van der Waals surface area contributed by atoms with E-state index in [2.05, 4.69) is 36.5 Å². The maximum absolute atomic E-state index is 11.3. The first-order chi connectivity index (χ1) is 11.2. The molecule has 1 aliphatic rings. The standard InChI is InChI=1S/C19H29NO3/c1-3-22-19(21)12-13-20-14-16-6-10-18(11-7-16)23-17-8-4-15(2)5-9-17/h4-5,8-9,16,18,20H,3,6-7,10-14H2,1-2H3. The molecule has 1 aromatic rings. The van der Waals surface area contributed by atoms with Crippen LogP contribution in [0.4, 0.5) is 0 Å². The average Bonchev–Trinajstić information content (AvgIpc) is 2.55. The molecule has 1 aromatic carbocycles. The van der Waals surface area contributed by atoms with Crippen LogP contribution in [0.25, 0.3) is 0 Å². The Morgan fingerprint density at radius 3 is 2.52 bits per heavy atom. The van der Waals surface area contributed by atoms with Gasteiger partial charge >= 0.3 is 5.97 Å². The van der Waals surface area contributed by atoms with E-state index >= 15 is 0 Å². The number of rotatable bonds is 8. The van der Waals surface area contributed by atoms with Crippen LogP contribution in [0.1, 0.15) is 44.6 Å². The molecule has 0 aliphatic heterocycles. The van der Waals surface area contributed by atoms with Crippen molar-refractivity contribution in [1.82, 2.24) is 5.32 Å². The number of carbonyl (C=O) groups is 1. The fourth-order valence-corrected chi connectivity index (χ4v) is 2.99. The summed E-state index contributed by atoms with van der Waals surface area (Å²) in [6.45, 7) is 6.07. The van der Waals surface area contributed by atoms with Crippen molar-refractivity contribution in [2.45, 2.75) is 52.1 Å². The molecule has 0 bridgehead atoms. The Balaban J connectivity index is 1.58. The van der Waals surface area contributed by atoms with Crippen LogP contribution in [-0.2, 0) is 9.53 Å². The summed E-state index contributed by atoms with van der Waals surface area (Å²) in [6, 6.07) is 8.29. The van der Waals surface area contributed by atoms with E-state index in [-0.39, 0.29) is 5.97 Å². The van der Waals surface area contributed by atoms with Gasteiger partial charge in [-0.15, -0.1) is 0 Å². The van der Waals surface area contributed by atoms with Gasteiger partial charge in [0.1, 0.15) is 5.75 Å². The summed E-state index contributed by atoms with van der Waals surface area (Å²) >= 11 is 0. The fraction of sp³-hybridized carbons (Fsp3) is 0.632. The minimum Gasteiger partial charge on any atom is -0.490 e. The summed E-state index contributed by atoms with van der Waals surface area (Å²) in [6.07, 6.45) is 5.38. The lowest BCUT2D eigenvalue weighted by molar-refractivity contribution is -0.142. The molecule has 4 heteroatoms. The summed E-state index contributed by atoms with van der Waals surface area (Å²) in [5.74, 6) is 1.55. The minimum atomic E-state index is -0.116. The van der Waals surface area contributed by atoms with Crippen molar-refractivity contribution < 1.29 is 14.3 Å². The number of hydrogen-bond acceptors (Lipinski definition) is 4. The first kappa shape index (κ1) is 17.8. The highest BCUT2D eigenvalue weighted by atomic mass is 16.5. The monoisotopic (exact) mass is 319 g/mol. The Labute approximate surface area is 139 Å². The SMILES string of the molecule is CCOC(=O)CCNCC1CCC(Oc2ccc(C)cc2)CC1. The van der Waals surface area contributed by atoms with Gasteiger partial charge in [0, 0.05) is 6.54 Å².